The fraction of sp³-hybridized carbons (Fsp3) is 0.167. The van der Waals surface area contributed by atoms with E-state index in [1.807, 2.05) is 37.3 Å². The average Bonchev–Trinajstić information content (AvgIpc) is 3.01. The number of carbonyl (C=O) groups is 2. The van der Waals surface area contributed by atoms with Crippen LogP contribution in [0.1, 0.15) is 29.3 Å². The summed E-state index contributed by atoms with van der Waals surface area (Å²) in [6.07, 6.45) is 1.44. The Morgan fingerprint density at radius 3 is 2.22 bits per heavy atom. The van der Waals surface area contributed by atoms with Crippen molar-refractivity contribution in [2.75, 3.05) is 10.6 Å². The zero-order chi connectivity index (χ0) is 23.3. The molecule has 0 unspecified atom stereocenters. The molecule has 162 valence electrons. The summed E-state index contributed by atoms with van der Waals surface area (Å²) in [6.45, 7) is 5.68. The molecule has 0 atom stereocenters. The van der Waals surface area contributed by atoms with Crippen LogP contribution in [0.2, 0.25) is 5.15 Å². The SMILES string of the molecule is CC(=O)Nc1ccc(NC(=O)/C(C#N)=C/c2c(C)nn(Cc3ccc(C)cc3)c2Cl)cc1. The highest BCUT2D eigenvalue weighted by atomic mass is 35.5. The predicted molar refractivity (Wildman–Crippen MR) is 125 cm³/mol. The third kappa shape index (κ3) is 5.62. The van der Waals surface area contributed by atoms with Gasteiger partial charge >= 0.3 is 0 Å². The van der Waals surface area contributed by atoms with Gasteiger partial charge in [-0.05, 0) is 49.8 Å². The van der Waals surface area contributed by atoms with Crippen LogP contribution in [0.25, 0.3) is 6.08 Å². The Morgan fingerprint density at radius 1 is 1.06 bits per heavy atom. The van der Waals surface area contributed by atoms with E-state index < -0.39 is 5.91 Å². The summed E-state index contributed by atoms with van der Waals surface area (Å²) in [5.74, 6) is -0.756. The quantitative estimate of drug-likeness (QED) is 0.422. The molecule has 0 aliphatic rings. The first-order valence-electron chi connectivity index (χ1n) is 9.86. The molecular formula is C24H22ClN5O2. The maximum atomic E-state index is 12.6. The van der Waals surface area contributed by atoms with Crippen molar-refractivity contribution in [2.24, 2.45) is 0 Å². The fourth-order valence-electron chi connectivity index (χ4n) is 3.03. The summed E-state index contributed by atoms with van der Waals surface area (Å²) in [6, 6.07) is 16.5. The van der Waals surface area contributed by atoms with Gasteiger partial charge in [-0.1, -0.05) is 41.4 Å². The van der Waals surface area contributed by atoms with Crippen molar-refractivity contribution < 1.29 is 9.59 Å². The van der Waals surface area contributed by atoms with Crippen LogP contribution in [0.4, 0.5) is 11.4 Å². The fourth-order valence-corrected chi connectivity index (χ4v) is 3.32. The van der Waals surface area contributed by atoms with E-state index in [1.54, 1.807) is 35.9 Å². The highest BCUT2D eigenvalue weighted by Crippen LogP contribution is 2.24. The summed E-state index contributed by atoms with van der Waals surface area (Å²) in [7, 11) is 0. The molecule has 32 heavy (non-hydrogen) atoms. The van der Waals surface area contributed by atoms with Gasteiger partial charge in [0.15, 0.2) is 0 Å². The topological polar surface area (TPSA) is 99.8 Å². The lowest BCUT2D eigenvalue weighted by Crippen LogP contribution is -2.13. The van der Waals surface area contributed by atoms with Crippen molar-refractivity contribution in [3.63, 3.8) is 0 Å². The van der Waals surface area contributed by atoms with Crippen molar-refractivity contribution in [3.8, 4) is 6.07 Å². The Morgan fingerprint density at radius 2 is 1.66 bits per heavy atom. The number of nitriles is 1. The van der Waals surface area contributed by atoms with Crippen molar-refractivity contribution >= 4 is 40.9 Å². The van der Waals surface area contributed by atoms with E-state index in [0.717, 1.165) is 11.1 Å². The lowest BCUT2D eigenvalue weighted by atomic mass is 10.1. The molecule has 1 heterocycles. The molecule has 3 rings (SSSR count). The highest BCUT2D eigenvalue weighted by molar-refractivity contribution is 6.31. The number of anilines is 2. The van der Waals surface area contributed by atoms with Crippen LogP contribution in [0.3, 0.4) is 0 Å². The van der Waals surface area contributed by atoms with Crippen LogP contribution >= 0.6 is 11.6 Å². The first-order valence-corrected chi connectivity index (χ1v) is 10.2. The number of aromatic nitrogens is 2. The van der Waals surface area contributed by atoms with E-state index in [0.29, 0.717) is 34.3 Å². The second-order valence-electron chi connectivity index (χ2n) is 7.32. The smallest absolute Gasteiger partial charge is 0.266 e. The molecule has 2 N–H and O–H groups in total. The van der Waals surface area contributed by atoms with E-state index >= 15 is 0 Å². The molecule has 3 aromatic rings. The van der Waals surface area contributed by atoms with Gasteiger partial charge in [0.1, 0.15) is 16.8 Å². The molecule has 0 bridgehead atoms. The van der Waals surface area contributed by atoms with Gasteiger partial charge in [-0.15, -0.1) is 0 Å². The first-order chi connectivity index (χ1) is 15.3. The number of hydrogen-bond acceptors (Lipinski definition) is 4. The minimum atomic E-state index is -0.568. The number of nitrogens with zero attached hydrogens (tertiary/aromatic N) is 3. The van der Waals surface area contributed by atoms with E-state index in [-0.39, 0.29) is 11.5 Å². The average molecular weight is 448 g/mol. The van der Waals surface area contributed by atoms with Gasteiger partial charge in [-0.25, -0.2) is 4.68 Å². The summed E-state index contributed by atoms with van der Waals surface area (Å²) in [5.41, 5.74) is 4.33. The number of rotatable bonds is 6. The number of aryl methyl sites for hydroxylation is 2. The zero-order valence-electron chi connectivity index (χ0n) is 17.9. The minimum absolute atomic E-state index is 0.101. The molecule has 0 fully saturated rings. The summed E-state index contributed by atoms with van der Waals surface area (Å²) in [5, 5.41) is 19.7. The normalized spacial score (nSPS) is 11.0. The largest absolute Gasteiger partial charge is 0.326 e. The maximum absolute atomic E-state index is 12.6. The Balaban J connectivity index is 1.78. The second kappa shape index (κ2) is 9.94. The predicted octanol–water partition coefficient (Wildman–Crippen LogP) is 4.71. The monoisotopic (exact) mass is 447 g/mol. The number of halogens is 1. The molecule has 0 saturated carbocycles. The lowest BCUT2D eigenvalue weighted by molar-refractivity contribution is -0.114. The molecule has 2 amide bonds. The van der Waals surface area contributed by atoms with Crippen molar-refractivity contribution in [2.45, 2.75) is 27.3 Å². The number of nitrogens with one attached hydrogen (secondary N) is 2. The number of carbonyl (C=O) groups excluding carboxylic acids is 2. The third-order valence-electron chi connectivity index (χ3n) is 4.68. The standard InChI is InChI=1S/C24H22ClN5O2/c1-15-4-6-18(7-5-15)14-30-23(25)22(16(2)29-30)12-19(13-26)24(32)28-21-10-8-20(9-11-21)27-17(3)31/h4-12H,14H2,1-3H3,(H,27,31)(H,28,32)/b19-12+. The van der Waals surface area contributed by atoms with E-state index in [9.17, 15) is 14.9 Å². The Hall–Kier alpha value is -3.89. The van der Waals surface area contributed by atoms with Crippen molar-refractivity contribution in [3.05, 3.63) is 81.6 Å². The van der Waals surface area contributed by atoms with Crippen LogP contribution in [-0.4, -0.2) is 21.6 Å². The van der Waals surface area contributed by atoms with Gasteiger partial charge in [0, 0.05) is 23.9 Å². The van der Waals surface area contributed by atoms with Gasteiger partial charge in [0.05, 0.1) is 12.2 Å². The molecule has 0 aliphatic heterocycles. The molecule has 0 saturated heterocycles. The maximum Gasteiger partial charge on any atom is 0.266 e. The number of hydrogen-bond donors (Lipinski definition) is 2. The van der Waals surface area contributed by atoms with E-state index in [2.05, 4.69) is 15.7 Å². The minimum Gasteiger partial charge on any atom is -0.326 e. The zero-order valence-corrected chi connectivity index (χ0v) is 18.7. The van der Waals surface area contributed by atoms with E-state index in [4.69, 9.17) is 11.6 Å². The Kier molecular flexibility index (Phi) is 7.08. The van der Waals surface area contributed by atoms with Crippen LogP contribution < -0.4 is 10.6 Å². The van der Waals surface area contributed by atoms with Gasteiger partial charge in [0.2, 0.25) is 5.91 Å². The first kappa shape index (κ1) is 22.8. The van der Waals surface area contributed by atoms with Crippen LogP contribution in [0.15, 0.2) is 54.1 Å². The van der Waals surface area contributed by atoms with Gasteiger partial charge in [-0.2, -0.15) is 10.4 Å². The molecular weight excluding hydrogens is 426 g/mol. The van der Waals surface area contributed by atoms with Gasteiger partial charge in [-0.3, -0.25) is 9.59 Å². The Labute approximate surface area is 191 Å². The van der Waals surface area contributed by atoms with Gasteiger partial charge in [0.25, 0.3) is 5.91 Å². The van der Waals surface area contributed by atoms with Crippen LogP contribution in [-0.2, 0) is 16.1 Å². The molecule has 7 nitrogen and oxygen atoms in total. The molecule has 0 spiro atoms. The molecule has 0 aliphatic carbocycles. The molecule has 8 heteroatoms. The molecule has 2 aromatic carbocycles. The van der Waals surface area contributed by atoms with Crippen molar-refractivity contribution in [1.29, 1.82) is 5.26 Å². The molecule has 1 aromatic heterocycles. The van der Waals surface area contributed by atoms with Crippen LogP contribution in [0.5, 0.6) is 0 Å². The summed E-state index contributed by atoms with van der Waals surface area (Å²) < 4.78 is 1.64. The van der Waals surface area contributed by atoms with Crippen LogP contribution in [0, 0.1) is 25.2 Å². The Bertz CT molecular complexity index is 1220. The second-order valence-corrected chi connectivity index (χ2v) is 7.67. The molecule has 0 radical (unpaired) electrons. The van der Waals surface area contributed by atoms with E-state index in [1.165, 1.54) is 13.0 Å². The number of amides is 2. The highest BCUT2D eigenvalue weighted by Gasteiger charge is 2.16. The number of benzene rings is 2. The lowest BCUT2D eigenvalue weighted by Gasteiger charge is -2.06. The van der Waals surface area contributed by atoms with Gasteiger partial charge < -0.3 is 10.6 Å². The van der Waals surface area contributed by atoms with Crippen molar-refractivity contribution in [1.82, 2.24) is 9.78 Å². The summed E-state index contributed by atoms with van der Waals surface area (Å²) >= 11 is 6.52. The summed E-state index contributed by atoms with van der Waals surface area (Å²) in [4.78, 5) is 23.7. The third-order valence-corrected chi connectivity index (χ3v) is 5.08.